The molecule has 0 aliphatic heterocycles. The minimum atomic E-state index is -1.82. The van der Waals surface area contributed by atoms with Crippen molar-refractivity contribution < 1.29 is 43.9 Å². The third-order valence-corrected chi connectivity index (χ3v) is 5.55. The van der Waals surface area contributed by atoms with Crippen molar-refractivity contribution in [3.8, 4) is 17.2 Å². The number of carbonyl (C=O) groups excluding carboxylic acids is 1. The highest BCUT2D eigenvalue weighted by atomic mass is 35.5. The highest BCUT2D eigenvalue weighted by Gasteiger charge is 2.10. The minimum absolute atomic E-state index is 0.0252. The molecule has 1 amide bonds. The minimum Gasteiger partial charge on any atom is -0.493 e. The Kier molecular flexibility index (Phi) is 16.0. The summed E-state index contributed by atoms with van der Waals surface area (Å²) < 4.78 is 16.2. The summed E-state index contributed by atoms with van der Waals surface area (Å²) in [6, 6.07) is 10.9. The largest absolute Gasteiger partial charge is 0.493 e. The molecule has 39 heavy (non-hydrogen) atoms. The number of amides is 1. The molecule has 2 rings (SSSR count). The van der Waals surface area contributed by atoms with E-state index in [1.807, 2.05) is 18.2 Å². The van der Waals surface area contributed by atoms with Gasteiger partial charge >= 0.3 is 11.9 Å². The van der Waals surface area contributed by atoms with Gasteiger partial charge in [0.05, 0.1) is 19.2 Å². The molecule has 216 valence electrons. The topological polar surface area (TPSA) is 164 Å². The Bertz CT molecular complexity index is 1050. The highest BCUT2D eigenvalue weighted by molar-refractivity contribution is 6.32. The number of halogens is 1. The number of ether oxygens (including phenoxy) is 3. The summed E-state index contributed by atoms with van der Waals surface area (Å²) in [4.78, 5) is 30.1. The number of anilines is 1. The number of aliphatic hydroxyl groups is 1. The number of aliphatic carboxylic acids is 2. The molecule has 0 saturated heterocycles. The van der Waals surface area contributed by atoms with E-state index in [-0.39, 0.29) is 12.5 Å². The van der Waals surface area contributed by atoms with Gasteiger partial charge in [0.25, 0.3) is 0 Å². The van der Waals surface area contributed by atoms with Gasteiger partial charge in [-0.2, -0.15) is 0 Å². The molecule has 1 unspecified atom stereocenters. The van der Waals surface area contributed by atoms with Gasteiger partial charge in [0.15, 0.2) is 11.5 Å². The van der Waals surface area contributed by atoms with Gasteiger partial charge in [0.2, 0.25) is 5.91 Å². The number of nitrogens with one attached hydrogen (secondary N) is 2. The van der Waals surface area contributed by atoms with E-state index in [0.29, 0.717) is 47.5 Å². The Morgan fingerprint density at radius 1 is 0.949 bits per heavy atom. The fourth-order valence-corrected chi connectivity index (χ4v) is 3.47. The van der Waals surface area contributed by atoms with Gasteiger partial charge in [0.1, 0.15) is 18.5 Å². The summed E-state index contributed by atoms with van der Waals surface area (Å²) in [5.41, 5.74) is 1.74. The monoisotopic (exact) mass is 568 g/mol. The predicted molar refractivity (Wildman–Crippen MR) is 147 cm³/mol. The fraction of sp³-hybridized carbons (Fsp3) is 0.444. The Morgan fingerprint density at radius 3 is 2.21 bits per heavy atom. The molecular weight excluding hydrogens is 532 g/mol. The van der Waals surface area contributed by atoms with Crippen LogP contribution in [0.2, 0.25) is 5.02 Å². The van der Waals surface area contributed by atoms with E-state index >= 15 is 0 Å². The first-order chi connectivity index (χ1) is 18.6. The molecule has 1 atom stereocenters. The van der Waals surface area contributed by atoms with Crippen LogP contribution in [0.4, 0.5) is 5.69 Å². The number of carboxylic acids is 2. The Balaban J connectivity index is 0.00000113. The number of aliphatic hydroxyl groups excluding tert-OH is 1. The average Bonchev–Trinajstić information content (AvgIpc) is 2.91. The van der Waals surface area contributed by atoms with Crippen molar-refractivity contribution in [1.82, 2.24) is 5.32 Å². The zero-order chi connectivity index (χ0) is 29.2. The van der Waals surface area contributed by atoms with Gasteiger partial charge in [-0.15, -0.1) is 0 Å². The maximum absolute atomic E-state index is 11.9. The number of carboxylic acid groups (broad SMARTS) is 2. The first kappa shape index (κ1) is 33.5. The van der Waals surface area contributed by atoms with E-state index < -0.39 is 18.0 Å². The lowest BCUT2D eigenvalue weighted by Gasteiger charge is -2.15. The third-order valence-electron chi connectivity index (χ3n) is 5.26. The molecule has 0 aliphatic rings. The van der Waals surface area contributed by atoms with Crippen molar-refractivity contribution in [2.45, 2.75) is 45.1 Å². The van der Waals surface area contributed by atoms with E-state index in [2.05, 4.69) is 17.6 Å². The molecule has 0 bridgehead atoms. The quantitative estimate of drug-likeness (QED) is 0.158. The summed E-state index contributed by atoms with van der Waals surface area (Å²) in [6.45, 7) is 3.28. The lowest BCUT2D eigenvalue weighted by Crippen LogP contribution is -2.32. The van der Waals surface area contributed by atoms with Crippen LogP contribution in [0.1, 0.15) is 38.2 Å². The molecule has 2 aromatic rings. The van der Waals surface area contributed by atoms with Crippen molar-refractivity contribution in [3.63, 3.8) is 0 Å². The van der Waals surface area contributed by atoms with Crippen molar-refractivity contribution in [2.75, 3.05) is 39.2 Å². The van der Waals surface area contributed by atoms with Crippen LogP contribution in [0.25, 0.3) is 0 Å². The second-order valence-corrected chi connectivity index (χ2v) is 8.78. The highest BCUT2D eigenvalue weighted by Crippen LogP contribution is 2.28. The van der Waals surface area contributed by atoms with Gasteiger partial charge in [-0.25, -0.2) is 9.59 Å². The molecule has 2 aromatic carbocycles. The van der Waals surface area contributed by atoms with Gasteiger partial charge in [-0.3, -0.25) is 4.79 Å². The summed E-state index contributed by atoms with van der Waals surface area (Å²) in [5, 5.41) is 31.4. The maximum Gasteiger partial charge on any atom is 0.414 e. The molecular formula is C27H37ClN2O9. The zero-order valence-corrected chi connectivity index (χ0v) is 23.1. The fourth-order valence-electron chi connectivity index (χ4n) is 3.24. The third kappa shape index (κ3) is 13.7. The molecule has 0 aromatic heterocycles. The van der Waals surface area contributed by atoms with Crippen LogP contribution in [0.15, 0.2) is 36.4 Å². The lowest BCUT2D eigenvalue weighted by molar-refractivity contribution is -0.159. The van der Waals surface area contributed by atoms with Crippen molar-refractivity contribution in [3.05, 3.63) is 47.0 Å². The number of rotatable bonds is 15. The average molecular weight is 569 g/mol. The lowest BCUT2D eigenvalue weighted by atomic mass is 10.1. The molecule has 0 saturated carbocycles. The van der Waals surface area contributed by atoms with E-state index in [9.17, 15) is 9.90 Å². The van der Waals surface area contributed by atoms with Gasteiger partial charge in [-0.05, 0) is 55.3 Å². The van der Waals surface area contributed by atoms with Crippen LogP contribution in [-0.4, -0.2) is 73.2 Å². The molecule has 5 N–H and O–H groups in total. The maximum atomic E-state index is 11.9. The van der Waals surface area contributed by atoms with E-state index in [4.69, 9.17) is 45.6 Å². The smallest absolute Gasteiger partial charge is 0.414 e. The van der Waals surface area contributed by atoms with Crippen molar-refractivity contribution in [2.24, 2.45) is 0 Å². The predicted octanol–water partition coefficient (Wildman–Crippen LogP) is 3.60. The zero-order valence-electron chi connectivity index (χ0n) is 22.4. The summed E-state index contributed by atoms with van der Waals surface area (Å²) >= 11 is 6.27. The number of hydrogen-bond acceptors (Lipinski definition) is 8. The number of unbranched alkanes of at least 4 members (excludes halogenated alkanes) is 2. The first-order valence-electron chi connectivity index (χ1n) is 12.4. The number of benzene rings is 2. The van der Waals surface area contributed by atoms with E-state index in [1.54, 1.807) is 32.4 Å². The molecule has 0 fully saturated rings. The van der Waals surface area contributed by atoms with Gasteiger partial charge in [-0.1, -0.05) is 37.4 Å². The number of methoxy groups -OCH3 is 2. The molecule has 11 nitrogen and oxygen atoms in total. The summed E-state index contributed by atoms with van der Waals surface area (Å²) in [6.07, 6.45) is 3.57. The van der Waals surface area contributed by atoms with Gasteiger partial charge in [0, 0.05) is 18.7 Å². The second-order valence-electron chi connectivity index (χ2n) is 8.37. The normalized spacial score (nSPS) is 11.0. The standard InChI is InChI=1S/C25H35ClN2O5.C2H2O4/c1-4-5-6-7-25(30)28-19-9-11-22(21(26)15-19)33-17-20(29)16-27-13-12-18-8-10-23(31-2)24(14-18)32-3;3-1(4)2(5)6/h8-11,14-15,20,27,29H,4-7,12-13,16-17H2,1-3H3,(H,28,30);(H,3,4)(H,5,6). The van der Waals surface area contributed by atoms with Crippen molar-refractivity contribution >= 4 is 35.1 Å². The SMILES string of the molecule is CCCCCC(=O)Nc1ccc(OCC(O)CNCCc2ccc(OC)c(OC)c2)c(Cl)c1.O=C(O)C(=O)O. The Labute approximate surface area is 233 Å². The van der Waals surface area contributed by atoms with Crippen LogP contribution in [-0.2, 0) is 20.8 Å². The molecule has 12 heteroatoms. The summed E-state index contributed by atoms with van der Waals surface area (Å²) in [5.74, 6) is -1.82. The molecule has 0 heterocycles. The van der Waals surface area contributed by atoms with Crippen LogP contribution in [0, 0.1) is 0 Å². The second kappa shape index (κ2) is 18.7. The van der Waals surface area contributed by atoms with Crippen LogP contribution in [0.3, 0.4) is 0 Å². The van der Waals surface area contributed by atoms with Crippen molar-refractivity contribution in [1.29, 1.82) is 0 Å². The Morgan fingerprint density at radius 2 is 1.62 bits per heavy atom. The first-order valence-corrected chi connectivity index (χ1v) is 12.8. The van der Waals surface area contributed by atoms with Crippen LogP contribution >= 0.6 is 11.6 Å². The van der Waals surface area contributed by atoms with E-state index in [1.165, 1.54) is 0 Å². The number of hydrogen-bond donors (Lipinski definition) is 5. The van der Waals surface area contributed by atoms with Crippen LogP contribution in [0.5, 0.6) is 17.2 Å². The molecule has 0 spiro atoms. The van der Waals surface area contributed by atoms with E-state index in [0.717, 1.165) is 31.2 Å². The Hall–Kier alpha value is -3.54. The molecule has 0 aliphatic carbocycles. The van der Waals surface area contributed by atoms with Crippen LogP contribution < -0.4 is 24.8 Å². The van der Waals surface area contributed by atoms with Gasteiger partial charge < -0.3 is 40.2 Å². The number of carbonyl (C=O) groups is 3. The summed E-state index contributed by atoms with van der Waals surface area (Å²) in [7, 11) is 3.22. The molecule has 0 radical (unpaired) electrons.